The van der Waals surface area contributed by atoms with Gasteiger partial charge >= 0.3 is 0 Å². The number of unbranched alkanes of at least 4 members (excludes halogenated alkanes) is 12. The molecule has 4 aromatic heterocycles. The summed E-state index contributed by atoms with van der Waals surface area (Å²) in [6.07, 6.45) is 26.7. The van der Waals surface area contributed by atoms with Gasteiger partial charge < -0.3 is 9.80 Å². The Morgan fingerprint density at radius 1 is 0.470 bits per heavy atom. The lowest BCUT2D eigenvalue weighted by atomic mass is 9.98. The number of fused-ring (bicyclic) bond motifs is 1. The predicted molar refractivity (Wildman–Crippen MR) is 284 cm³/mol. The van der Waals surface area contributed by atoms with Gasteiger partial charge in [0.25, 0.3) is 11.8 Å². The highest BCUT2D eigenvalue weighted by Crippen LogP contribution is 2.52. The molecule has 0 saturated carbocycles. The van der Waals surface area contributed by atoms with Gasteiger partial charge in [0.15, 0.2) is 12.6 Å². The monoisotopic (exact) mass is 968 g/mol. The Kier molecular flexibility index (Phi) is 20.7. The third kappa shape index (κ3) is 12.6. The predicted octanol–water partition coefficient (Wildman–Crippen LogP) is 16.9. The molecule has 2 aliphatic heterocycles. The molecule has 6 nitrogen and oxygen atoms in total. The summed E-state index contributed by atoms with van der Waals surface area (Å²) in [4.78, 5) is 66.9. The molecule has 0 radical (unpaired) electrons. The van der Waals surface area contributed by atoms with E-state index < -0.39 is 0 Å². The Morgan fingerprint density at radius 2 is 0.833 bits per heavy atom. The molecule has 2 amide bonds. The second kappa shape index (κ2) is 26.4. The van der Waals surface area contributed by atoms with E-state index in [0.717, 1.165) is 140 Å². The number of carbonyl (C=O) groups excluding carboxylic acids is 4. The summed E-state index contributed by atoms with van der Waals surface area (Å²) in [6, 6.07) is 12.7. The van der Waals surface area contributed by atoms with E-state index in [1.54, 1.807) is 45.3 Å². The first-order valence-corrected chi connectivity index (χ1v) is 29.0. The van der Waals surface area contributed by atoms with Gasteiger partial charge in [-0.1, -0.05) is 144 Å². The Labute approximate surface area is 413 Å². The summed E-state index contributed by atoms with van der Waals surface area (Å²) in [5.41, 5.74) is 5.03. The Bertz CT molecular complexity index is 2130. The van der Waals surface area contributed by atoms with Crippen molar-refractivity contribution in [3.05, 3.63) is 78.2 Å². The van der Waals surface area contributed by atoms with Crippen molar-refractivity contribution < 1.29 is 19.2 Å². The number of aldehydes is 2. The zero-order valence-electron chi connectivity index (χ0n) is 40.9. The van der Waals surface area contributed by atoms with Gasteiger partial charge in [-0.25, -0.2) is 0 Å². The first-order chi connectivity index (χ1) is 32.2. The molecule has 0 fully saturated rings. The summed E-state index contributed by atoms with van der Waals surface area (Å²) < 4.78 is 0. The number of rotatable bonds is 32. The smallest absolute Gasteiger partial charge is 0.261 e. The van der Waals surface area contributed by atoms with Crippen LogP contribution in [0, 0.1) is 11.8 Å². The maximum absolute atomic E-state index is 15.5. The van der Waals surface area contributed by atoms with Crippen molar-refractivity contribution in [2.75, 3.05) is 13.1 Å². The third-order valence-corrected chi connectivity index (χ3v) is 18.5. The molecule has 0 bridgehead atoms. The van der Waals surface area contributed by atoms with Gasteiger partial charge in [0.05, 0.1) is 42.0 Å². The third-order valence-electron chi connectivity index (χ3n) is 13.8. The van der Waals surface area contributed by atoms with Crippen molar-refractivity contribution >= 4 is 81.1 Å². The number of aryl methyl sites for hydroxylation is 2. The van der Waals surface area contributed by atoms with Crippen LogP contribution in [0.25, 0.3) is 30.9 Å². The number of carbonyl (C=O) groups is 4. The van der Waals surface area contributed by atoms with E-state index in [9.17, 15) is 9.59 Å². The Morgan fingerprint density at radius 3 is 1.20 bits per heavy atom. The standard InChI is InChI=1S/C56H76N2O4S4/c1-7-13-17-19-21-23-27-41-33-43(37-59)63-53(41)47-31-29-45(65-47)51-49-50(56(62)57(51)35-39(11-5)25-15-9-3)52(58(55(49)61)36-40(12-6)26-16-10-4)46-30-32-48(66-46)54-42(34-44(38-60)64-54)28-24-22-20-18-14-8-2/h29-34,37-40H,7-28,35-36H2,1-6H3. The lowest BCUT2D eigenvalue weighted by Crippen LogP contribution is -2.34. The molecule has 0 spiro atoms. The summed E-state index contributed by atoms with van der Waals surface area (Å²) >= 11 is 6.42. The molecule has 2 aliphatic rings. The molecule has 2 unspecified atom stereocenters. The second-order valence-corrected chi connectivity index (χ2v) is 23.1. The maximum atomic E-state index is 15.5. The van der Waals surface area contributed by atoms with Gasteiger partial charge in [-0.05, 0) is 97.9 Å². The van der Waals surface area contributed by atoms with Crippen molar-refractivity contribution in [1.29, 1.82) is 0 Å². The van der Waals surface area contributed by atoms with Crippen LogP contribution in [-0.4, -0.2) is 47.3 Å². The van der Waals surface area contributed by atoms with Crippen LogP contribution in [0.5, 0.6) is 0 Å². The van der Waals surface area contributed by atoms with E-state index in [1.807, 2.05) is 9.80 Å². The SMILES string of the molecule is CCCCCCCCc1cc(C=O)sc1-c1ccc(C2=C3C(=O)N(CC(CC)CCCC)C(c4ccc(-c5sc(C=O)cc5CCCCCCCC)s4)=C3C(=O)N2CC(CC)CCCC)s1. The maximum Gasteiger partial charge on any atom is 0.261 e. The van der Waals surface area contributed by atoms with Crippen LogP contribution in [-0.2, 0) is 22.4 Å². The minimum Gasteiger partial charge on any atom is -0.306 e. The summed E-state index contributed by atoms with van der Waals surface area (Å²) in [5, 5.41) is 0. The molecule has 0 saturated heterocycles. The van der Waals surface area contributed by atoms with Crippen LogP contribution in [0.2, 0.25) is 0 Å². The largest absolute Gasteiger partial charge is 0.306 e. The molecule has 10 heteroatoms. The average molecular weight is 970 g/mol. The lowest BCUT2D eigenvalue weighted by Gasteiger charge is -2.29. The molecule has 0 aliphatic carbocycles. The van der Waals surface area contributed by atoms with Crippen LogP contribution in [0.15, 0.2) is 47.5 Å². The molecule has 66 heavy (non-hydrogen) atoms. The zero-order chi connectivity index (χ0) is 47.0. The van der Waals surface area contributed by atoms with Gasteiger partial charge in [-0.2, -0.15) is 0 Å². The van der Waals surface area contributed by atoms with Crippen molar-refractivity contribution in [2.24, 2.45) is 11.8 Å². The van der Waals surface area contributed by atoms with Crippen LogP contribution in [0.1, 0.15) is 210 Å². The van der Waals surface area contributed by atoms with Gasteiger partial charge in [0, 0.05) is 32.6 Å². The summed E-state index contributed by atoms with van der Waals surface area (Å²) in [6.45, 7) is 14.5. The second-order valence-electron chi connectivity index (χ2n) is 18.7. The molecule has 0 aromatic carbocycles. The number of amides is 2. The highest BCUT2D eigenvalue weighted by Gasteiger charge is 2.50. The van der Waals surface area contributed by atoms with E-state index in [4.69, 9.17) is 0 Å². The average Bonchev–Trinajstić information content (AvgIpc) is 4.20. The van der Waals surface area contributed by atoms with Crippen molar-refractivity contribution in [3.8, 4) is 19.5 Å². The Hall–Kier alpha value is -3.44. The molecule has 4 aromatic rings. The normalized spacial score (nSPS) is 14.9. The number of thiophene rings is 4. The number of nitrogens with zero attached hydrogens (tertiary/aromatic N) is 2. The van der Waals surface area contributed by atoms with Crippen molar-refractivity contribution in [3.63, 3.8) is 0 Å². The van der Waals surface area contributed by atoms with E-state index in [0.29, 0.717) is 36.1 Å². The van der Waals surface area contributed by atoms with E-state index in [1.165, 1.54) is 75.3 Å². The highest BCUT2D eigenvalue weighted by molar-refractivity contribution is 7.24. The zero-order valence-corrected chi connectivity index (χ0v) is 44.2. The van der Waals surface area contributed by atoms with Crippen LogP contribution >= 0.6 is 45.3 Å². The summed E-state index contributed by atoms with van der Waals surface area (Å²) in [5.74, 6) is 0.464. The van der Waals surface area contributed by atoms with Crippen molar-refractivity contribution in [2.45, 2.75) is 183 Å². The molecule has 6 rings (SSSR count). The molecular formula is C56H76N2O4S4. The van der Waals surface area contributed by atoms with Crippen LogP contribution in [0.4, 0.5) is 0 Å². The van der Waals surface area contributed by atoms with E-state index >= 15 is 9.59 Å². The molecule has 0 N–H and O–H groups in total. The molecular weight excluding hydrogens is 893 g/mol. The molecule has 6 heterocycles. The quantitative estimate of drug-likeness (QED) is 0.0361. The minimum atomic E-state index is -0.0708. The minimum absolute atomic E-state index is 0.0708. The van der Waals surface area contributed by atoms with Crippen LogP contribution < -0.4 is 0 Å². The van der Waals surface area contributed by atoms with Gasteiger partial charge in [0.2, 0.25) is 0 Å². The Balaban J connectivity index is 1.45. The van der Waals surface area contributed by atoms with Gasteiger partial charge in [-0.3, -0.25) is 19.2 Å². The fraction of sp³-hybridized carbons (Fsp3) is 0.571. The fourth-order valence-electron chi connectivity index (χ4n) is 9.78. The first kappa shape index (κ1) is 51.9. The van der Waals surface area contributed by atoms with E-state index in [-0.39, 0.29) is 11.8 Å². The van der Waals surface area contributed by atoms with E-state index in [2.05, 4.69) is 77.9 Å². The first-order valence-electron chi connectivity index (χ1n) is 25.7. The van der Waals surface area contributed by atoms with Gasteiger partial charge in [-0.15, -0.1) is 45.3 Å². The van der Waals surface area contributed by atoms with Gasteiger partial charge in [0.1, 0.15) is 0 Å². The lowest BCUT2D eigenvalue weighted by molar-refractivity contribution is -0.124. The van der Waals surface area contributed by atoms with Crippen LogP contribution in [0.3, 0.4) is 0 Å². The molecule has 358 valence electrons. The number of hydrogen-bond donors (Lipinski definition) is 0. The highest BCUT2D eigenvalue weighted by atomic mass is 32.1. The number of hydrogen-bond acceptors (Lipinski definition) is 8. The van der Waals surface area contributed by atoms with Crippen molar-refractivity contribution in [1.82, 2.24) is 9.80 Å². The fourth-order valence-corrected chi connectivity index (χ4v) is 14.3. The summed E-state index contributed by atoms with van der Waals surface area (Å²) in [7, 11) is 0. The molecule has 2 atom stereocenters. The topological polar surface area (TPSA) is 74.8 Å².